The summed E-state index contributed by atoms with van der Waals surface area (Å²) in [5.41, 5.74) is -0.287. The summed E-state index contributed by atoms with van der Waals surface area (Å²) < 4.78 is 26.8. The summed E-state index contributed by atoms with van der Waals surface area (Å²) in [6, 6.07) is 7.40. The maximum absolute atomic E-state index is 13.5. The van der Waals surface area contributed by atoms with Crippen LogP contribution in [0.1, 0.15) is 15.9 Å². The van der Waals surface area contributed by atoms with Gasteiger partial charge in [0.15, 0.2) is 5.78 Å². The van der Waals surface area contributed by atoms with Gasteiger partial charge in [0.05, 0.1) is 15.6 Å². The van der Waals surface area contributed by atoms with Gasteiger partial charge in [-0.3, -0.25) is 4.79 Å². The molecule has 0 unspecified atom stereocenters. The lowest BCUT2D eigenvalue weighted by molar-refractivity contribution is 0.103. The van der Waals surface area contributed by atoms with Gasteiger partial charge in [-0.15, -0.1) is 0 Å². The first-order valence-electron chi connectivity index (χ1n) is 4.94. The zero-order valence-electron chi connectivity index (χ0n) is 8.88. The molecule has 5 heteroatoms. The van der Waals surface area contributed by atoms with E-state index in [0.717, 1.165) is 12.1 Å². The van der Waals surface area contributed by atoms with Crippen LogP contribution in [-0.4, -0.2) is 5.78 Å². The summed E-state index contributed by atoms with van der Waals surface area (Å²) in [6.07, 6.45) is 0. The van der Waals surface area contributed by atoms with E-state index in [-0.39, 0.29) is 21.2 Å². The van der Waals surface area contributed by atoms with E-state index in [0.29, 0.717) is 0 Å². The zero-order chi connectivity index (χ0) is 13.3. The van der Waals surface area contributed by atoms with Crippen LogP contribution in [-0.2, 0) is 0 Å². The molecule has 0 aromatic heterocycles. The second-order valence-electron chi connectivity index (χ2n) is 3.55. The molecule has 0 atom stereocenters. The Labute approximate surface area is 112 Å². The molecule has 0 bridgehead atoms. The molecule has 0 aliphatic heterocycles. The number of ketones is 1. The lowest BCUT2D eigenvalue weighted by Crippen LogP contribution is -2.05. The van der Waals surface area contributed by atoms with E-state index in [1.807, 2.05) is 0 Å². The predicted molar refractivity (Wildman–Crippen MR) is 66.3 cm³/mol. The molecule has 0 amide bonds. The Balaban J connectivity index is 2.51. The SMILES string of the molecule is O=C(c1ccc(Cl)c(F)c1)c1c(F)cccc1Cl. The summed E-state index contributed by atoms with van der Waals surface area (Å²) in [5.74, 6) is -2.17. The van der Waals surface area contributed by atoms with Gasteiger partial charge in [-0.05, 0) is 30.3 Å². The Bertz CT molecular complexity index is 606. The molecular formula is C13H6Cl2F2O. The van der Waals surface area contributed by atoms with Crippen molar-refractivity contribution < 1.29 is 13.6 Å². The molecule has 0 radical (unpaired) electrons. The van der Waals surface area contributed by atoms with Crippen molar-refractivity contribution in [2.45, 2.75) is 0 Å². The largest absolute Gasteiger partial charge is 0.288 e. The van der Waals surface area contributed by atoms with Gasteiger partial charge >= 0.3 is 0 Å². The van der Waals surface area contributed by atoms with Crippen LogP contribution in [0.5, 0.6) is 0 Å². The van der Waals surface area contributed by atoms with E-state index in [1.165, 1.54) is 24.3 Å². The lowest BCUT2D eigenvalue weighted by Gasteiger charge is -2.05. The quantitative estimate of drug-likeness (QED) is 0.743. The Kier molecular flexibility index (Phi) is 3.64. The Hall–Kier alpha value is -1.45. The molecule has 0 heterocycles. The van der Waals surface area contributed by atoms with E-state index in [2.05, 4.69) is 0 Å². The molecule has 0 saturated carbocycles. The minimum Gasteiger partial charge on any atom is -0.288 e. The molecule has 0 saturated heterocycles. The summed E-state index contributed by atoms with van der Waals surface area (Å²) in [4.78, 5) is 12.0. The molecule has 18 heavy (non-hydrogen) atoms. The third-order valence-electron chi connectivity index (χ3n) is 2.37. The van der Waals surface area contributed by atoms with Gasteiger partial charge in [0.1, 0.15) is 11.6 Å². The molecule has 2 aromatic rings. The van der Waals surface area contributed by atoms with Crippen LogP contribution >= 0.6 is 23.2 Å². The van der Waals surface area contributed by atoms with Crippen molar-refractivity contribution in [1.29, 1.82) is 0 Å². The van der Waals surface area contributed by atoms with Crippen LogP contribution in [0.3, 0.4) is 0 Å². The van der Waals surface area contributed by atoms with Crippen LogP contribution in [0.25, 0.3) is 0 Å². The number of carbonyl (C=O) groups excluding carboxylic acids is 1. The monoisotopic (exact) mass is 286 g/mol. The number of rotatable bonds is 2. The first kappa shape index (κ1) is 13.0. The minimum atomic E-state index is -0.747. The number of hydrogen-bond acceptors (Lipinski definition) is 1. The maximum atomic E-state index is 13.5. The summed E-state index contributed by atoms with van der Waals surface area (Å²) in [5, 5.41) is -0.124. The Morgan fingerprint density at radius 1 is 0.944 bits per heavy atom. The molecule has 2 aromatic carbocycles. The number of halogens is 4. The Morgan fingerprint density at radius 2 is 1.67 bits per heavy atom. The van der Waals surface area contributed by atoms with Gasteiger partial charge < -0.3 is 0 Å². The van der Waals surface area contributed by atoms with Crippen molar-refractivity contribution in [3.05, 3.63) is 69.2 Å². The predicted octanol–water partition coefficient (Wildman–Crippen LogP) is 4.50. The van der Waals surface area contributed by atoms with Crippen molar-refractivity contribution in [2.75, 3.05) is 0 Å². The van der Waals surface area contributed by atoms with Crippen LogP contribution < -0.4 is 0 Å². The van der Waals surface area contributed by atoms with E-state index < -0.39 is 17.4 Å². The molecule has 0 fully saturated rings. The molecular weight excluding hydrogens is 281 g/mol. The van der Waals surface area contributed by atoms with Gasteiger partial charge in [-0.1, -0.05) is 29.3 Å². The highest BCUT2D eigenvalue weighted by atomic mass is 35.5. The fraction of sp³-hybridized carbons (Fsp3) is 0. The average Bonchev–Trinajstić information content (AvgIpc) is 2.32. The average molecular weight is 287 g/mol. The van der Waals surface area contributed by atoms with E-state index >= 15 is 0 Å². The second-order valence-corrected chi connectivity index (χ2v) is 4.37. The molecule has 0 spiro atoms. The van der Waals surface area contributed by atoms with Crippen LogP contribution in [0.15, 0.2) is 36.4 Å². The van der Waals surface area contributed by atoms with E-state index in [4.69, 9.17) is 23.2 Å². The summed E-state index contributed by atoms with van der Waals surface area (Å²) >= 11 is 11.3. The number of benzene rings is 2. The van der Waals surface area contributed by atoms with Gasteiger partial charge in [-0.25, -0.2) is 8.78 Å². The zero-order valence-corrected chi connectivity index (χ0v) is 10.4. The normalized spacial score (nSPS) is 10.4. The third kappa shape index (κ3) is 2.37. The molecule has 92 valence electrons. The molecule has 0 N–H and O–H groups in total. The van der Waals surface area contributed by atoms with Crippen LogP contribution in [0.2, 0.25) is 10.0 Å². The van der Waals surface area contributed by atoms with Gasteiger partial charge in [-0.2, -0.15) is 0 Å². The second kappa shape index (κ2) is 5.04. The number of carbonyl (C=O) groups is 1. The van der Waals surface area contributed by atoms with Crippen LogP contribution in [0, 0.1) is 11.6 Å². The smallest absolute Gasteiger partial charge is 0.197 e. The first-order valence-corrected chi connectivity index (χ1v) is 5.70. The molecule has 1 nitrogen and oxygen atoms in total. The van der Waals surface area contributed by atoms with E-state index in [1.54, 1.807) is 0 Å². The topological polar surface area (TPSA) is 17.1 Å². The maximum Gasteiger partial charge on any atom is 0.197 e. The highest BCUT2D eigenvalue weighted by molar-refractivity contribution is 6.35. The first-order chi connectivity index (χ1) is 8.50. The van der Waals surface area contributed by atoms with Crippen molar-refractivity contribution in [2.24, 2.45) is 0 Å². The molecule has 0 aliphatic carbocycles. The number of hydrogen-bond donors (Lipinski definition) is 0. The highest BCUT2D eigenvalue weighted by Gasteiger charge is 2.18. The van der Waals surface area contributed by atoms with Crippen molar-refractivity contribution in [1.82, 2.24) is 0 Å². The fourth-order valence-corrected chi connectivity index (χ4v) is 1.86. The summed E-state index contributed by atoms with van der Waals surface area (Å²) in [7, 11) is 0. The van der Waals surface area contributed by atoms with Crippen molar-refractivity contribution in [3.8, 4) is 0 Å². The lowest BCUT2D eigenvalue weighted by atomic mass is 10.0. The van der Waals surface area contributed by atoms with Gasteiger partial charge in [0.2, 0.25) is 0 Å². The minimum absolute atomic E-state index is 0.0103. The van der Waals surface area contributed by atoms with E-state index in [9.17, 15) is 13.6 Å². The van der Waals surface area contributed by atoms with Crippen LogP contribution in [0.4, 0.5) is 8.78 Å². The van der Waals surface area contributed by atoms with Crippen molar-refractivity contribution in [3.63, 3.8) is 0 Å². The fourth-order valence-electron chi connectivity index (χ4n) is 1.50. The van der Waals surface area contributed by atoms with Gasteiger partial charge in [0.25, 0.3) is 0 Å². The third-order valence-corrected chi connectivity index (χ3v) is 2.99. The standard InChI is InChI=1S/C13H6Cl2F2O/c14-8-5-4-7(6-11(8)17)13(18)12-9(15)2-1-3-10(12)16/h1-6H. The Morgan fingerprint density at radius 3 is 2.28 bits per heavy atom. The van der Waals surface area contributed by atoms with Gasteiger partial charge in [0, 0.05) is 5.56 Å². The highest BCUT2D eigenvalue weighted by Crippen LogP contribution is 2.24. The van der Waals surface area contributed by atoms with Crippen molar-refractivity contribution >= 4 is 29.0 Å². The molecule has 2 rings (SSSR count). The summed E-state index contributed by atoms with van der Waals surface area (Å²) in [6.45, 7) is 0. The molecule has 0 aliphatic rings.